The smallest absolute Gasteiger partial charge is 0.169 e. The van der Waals surface area contributed by atoms with Crippen LogP contribution in [0.25, 0.3) is 0 Å². The molecule has 3 nitrogen and oxygen atoms in total. The SMILES string of the molecule is O=C(C=C1CCC2(CC1)OCCO2)CI. The minimum absolute atomic E-state index is 0.217. The maximum Gasteiger partial charge on any atom is 0.169 e. The molecule has 0 unspecified atom stereocenters. The minimum Gasteiger partial charge on any atom is -0.348 e. The predicted molar refractivity (Wildman–Crippen MR) is 65.1 cm³/mol. The van der Waals surface area contributed by atoms with Crippen LogP contribution in [0.15, 0.2) is 11.6 Å². The number of ether oxygens (including phenoxy) is 2. The van der Waals surface area contributed by atoms with Crippen LogP contribution < -0.4 is 0 Å². The summed E-state index contributed by atoms with van der Waals surface area (Å²) in [6, 6.07) is 0. The normalized spacial score (nSPS) is 24.5. The van der Waals surface area contributed by atoms with Gasteiger partial charge in [0, 0.05) is 12.8 Å². The second-order valence-corrected chi connectivity index (χ2v) is 4.77. The van der Waals surface area contributed by atoms with Gasteiger partial charge in [0.05, 0.1) is 17.6 Å². The Labute approximate surface area is 103 Å². The third kappa shape index (κ3) is 2.79. The van der Waals surface area contributed by atoms with Gasteiger partial charge < -0.3 is 9.47 Å². The maximum absolute atomic E-state index is 11.2. The van der Waals surface area contributed by atoms with Crippen molar-refractivity contribution in [1.29, 1.82) is 0 Å². The number of rotatable bonds is 2. The lowest BCUT2D eigenvalue weighted by Gasteiger charge is -2.32. The van der Waals surface area contributed by atoms with Crippen LogP contribution in [0.5, 0.6) is 0 Å². The monoisotopic (exact) mass is 322 g/mol. The summed E-state index contributed by atoms with van der Waals surface area (Å²) in [5.74, 6) is -0.0974. The first-order valence-electron chi connectivity index (χ1n) is 5.30. The number of allylic oxidation sites excluding steroid dienone is 2. The summed E-state index contributed by atoms with van der Waals surface area (Å²) in [5, 5.41) is 0. The van der Waals surface area contributed by atoms with Crippen LogP contribution in [-0.2, 0) is 14.3 Å². The summed E-state index contributed by atoms with van der Waals surface area (Å²) in [6.07, 6.45) is 5.46. The third-order valence-electron chi connectivity index (χ3n) is 2.96. The van der Waals surface area contributed by atoms with Gasteiger partial charge in [-0.1, -0.05) is 28.2 Å². The van der Waals surface area contributed by atoms with Gasteiger partial charge in [-0.05, 0) is 18.9 Å². The summed E-state index contributed by atoms with van der Waals surface area (Å²) >= 11 is 2.10. The van der Waals surface area contributed by atoms with Crippen LogP contribution in [0.4, 0.5) is 0 Å². The lowest BCUT2D eigenvalue weighted by Crippen LogP contribution is -2.33. The van der Waals surface area contributed by atoms with Crippen LogP contribution in [0, 0.1) is 0 Å². The number of halogens is 1. The molecule has 1 aliphatic carbocycles. The lowest BCUT2D eigenvalue weighted by atomic mass is 9.89. The molecule has 1 aliphatic heterocycles. The molecule has 1 spiro atoms. The molecule has 0 aromatic heterocycles. The summed E-state index contributed by atoms with van der Waals surface area (Å²) in [4.78, 5) is 11.2. The topological polar surface area (TPSA) is 35.5 Å². The van der Waals surface area contributed by atoms with Crippen molar-refractivity contribution in [3.63, 3.8) is 0 Å². The Hall–Kier alpha value is 0.0600. The van der Waals surface area contributed by atoms with Crippen LogP contribution in [-0.4, -0.2) is 29.2 Å². The van der Waals surface area contributed by atoms with Gasteiger partial charge in [0.1, 0.15) is 0 Å². The Morgan fingerprint density at radius 3 is 2.47 bits per heavy atom. The van der Waals surface area contributed by atoms with Gasteiger partial charge in [0.2, 0.25) is 0 Å². The quantitative estimate of drug-likeness (QED) is 0.444. The molecule has 0 N–H and O–H groups in total. The van der Waals surface area contributed by atoms with Crippen LogP contribution in [0.3, 0.4) is 0 Å². The second-order valence-electron chi connectivity index (χ2n) is 4.01. The molecular formula is C11H15IO3. The van der Waals surface area contributed by atoms with Crippen molar-refractivity contribution >= 4 is 28.4 Å². The van der Waals surface area contributed by atoms with Gasteiger partial charge in [-0.15, -0.1) is 0 Å². The van der Waals surface area contributed by atoms with Crippen molar-refractivity contribution in [2.24, 2.45) is 0 Å². The molecule has 1 saturated carbocycles. The zero-order valence-electron chi connectivity index (χ0n) is 8.63. The molecule has 15 heavy (non-hydrogen) atoms. The van der Waals surface area contributed by atoms with E-state index < -0.39 is 0 Å². The van der Waals surface area contributed by atoms with E-state index >= 15 is 0 Å². The molecule has 0 aromatic carbocycles. The van der Waals surface area contributed by atoms with Crippen molar-refractivity contribution in [1.82, 2.24) is 0 Å². The predicted octanol–water partition coefficient (Wildman–Crippen LogP) is 2.23. The van der Waals surface area contributed by atoms with Crippen LogP contribution in [0.2, 0.25) is 0 Å². The number of hydrogen-bond donors (Lipinski definition) is 0. The number of alkyl halides is 1. The molecule has 84 valence electrons. The fourth-order valence-electron chi connectivity index (χ4n) is 2.15. The highest BCUT2D eigenvalue weighted by Crippen LogP contribution is 2.37. The van der Waals surface area contributed by atoms with E-state index in [1.807, 2.05) is 0 Å². The molecule has 1 saturated heterocycles. The Morgan fingerprint density at radius 1 is 1.33 bits per heavy atom. The molecule has 4 heteroatoms. The number of carbonyl (C=O) groups is 1. The first kappa shape index (κ1) is 11.5. The molecule has 2 rings (SSSR count). The molecule has 2 fully saturated rings. The summed E-state index contributed by atoms with van der Waals surface area (Å²) in [6.45, 7) is 1.43. The van der Waals surface area contributed by atoms with Crippen LogP contribution >= 0.6 is 22.6 Å². The van der Waals surface area contributed by atoms with Gasteiger partial charge >= 0.3 is 0 Å². The zero-order chi connectivity index (χ0) is 10.7. The lowest BCUT2D eigenvalue weighted by molar-refractivity contribution is -0.171. The summed E-state index contributed by atoms with van der Waals surface area (Å²) < 4.78 is 11.8. The Bertz CT molecular complexity index is 268. The Morgan fingerprint density at radius 2 is 1.93 bits per heavy atom. The average Bonchev–Trinajstić information content (AvgIpc) is 2.70. The van der Waals surface area contributed by atoms with Gasteiger partial charge in [-0.2, -0.15) is 0 Å². The van der Waals surface area contributed by atoms with E-state index in [0.29, 0.717) is 17.6 Å². The molecular weight excluding hydrogens is 307 g/mol. The fourth-order valence-corrected chi connectivity index (χ4v) is 2.37. The molecule has 2 aliphatic rings. The Balaban J connectivity index is 1.91. The first-order chi connectivity index (χ1) is 7.24. The van der Waals surface area contributed by atoms with Crippen molar-refractivity contribution in [3.05, 3.63) is 11.6 Å². The second kappa shape index (κ2) is 4.93. The highest BCUT2D eigenvalue weighted by molar-refractivity contribution is 14.1. The van der Waals surface area contributed by atoms with Crippen molar-refractivity contribution in [2.45, 2.75) is 31.5 Å². The highest BCUT2D eigenvalue weighted by Gasteiger charge is 2.38. The van der Waals surface area contributed by atoms with Crippen LogP contribution in [0.1, 0.15) is 25.7 Å². The fraction of sp³-hybridized carbons (Fsp3) is 0.727. The number of carbonyl (C=O) groups excluding carboxylic acids is 1. The Kier molecular flexibility index (Phi) is 3.79. The van der Waals surface area contributed by atoms with E-state index in [4.69, 9.17) is 9.47 Å². The first-order valence-corrected chi connectivity index (χ1v) is 6.83. The van der Waals surface area contributed by atoms with E-state index in [1.165, 1.54) is 5.57 Å². The molecule has 1 heterocycles. The largest absolute Gasteiger partial charge is 0.348 e. The molecule has 0 atom stereocenters. The van der Waals surface area contributed by atoms with E-state index in [0.717, 1.165) is 25.7 Å². The van der Waals surface area contributed by atoms with E-state index in [9.17, 15) is 4.79 Å². The average molecular weight is 322 g/mol. The summed E-state index contributed by atoms with van der Waals surface area (Å²) in [5.41, 5.74) is 1.25. The molecule has 0 aromatic rings. The number of hydrogen-bond acceptors (Lipinski definition) is 3. The van der Waals surface area contributed by atoms with Crippen molar-refractivity contribution < 1.29 is 14.3 Å². The minimum atomic E-state index is -0.315. The molecule has 0 radical (unpaired) electrons. The van der Waals surface area contributed by atoms with Gasteiger partial charge in [0.15, 0.2) is 11.6 Å². The van der Waals surface area contributed by atoms with E-state index in [1.54, 1.807) is 6.08 Å². The van der Waals surface area contributed by atoms with Crippen molar-refractivity contribution in [2.75, 3.05) is 17.6 Å². The molecule has 0 bridgehead atoms. The standard InChI is InChI=1S/C11H15IO3/c12-8-10(13)7-9-1-3-11(4-2-9)14-5-6-15-11/h7H,1-6,8H2. The van der Waals surface area contributed by atoms with Gasteiger partial charge in [0.25, 0.3) is 0 Å². The van der Waals surface area contributed by atoms with E-state index in [-0.39, 0.29) is 11.6 Å². The van der Waals surface area contributed by atoms with Gasteiger partial charge in [-0.25, -0.2) is 0 Å². The van der Waals surface area contributed by atoms with Gasteiger partial charge in [-0.3, -0.25) is 4.79 Å². The summed E-state index contributed by atoms with van der Waals surface area (Å²) in [7, 11) is 0. The third-order valence-corrected chi connectivity index (χ3v) is 3.72. The number of ketones is 1. The van der Waals surface area contributed by atoms with Crippen molar-refractivity contribution in [3.8, 4) is 0 Å². The zero-order valence-corrected chi connectivity index (χ0v) is 10.8. The van der Waals surface area contributed by atoms with E-state index in [2.05, 4.69) is 22.6 Å². The maximum atomic E-state index is 11.2. The highest BCUT2D eigenvalue weighted by atomic mass is 127. The molecule has 0 amide bonds.